The molecule has 1 atom stereocenters. The van der Waals surface area contributed by atoms with Gasteiger partial charge in [-0.15, -0.1) is 0 Å². The molecule has 25 heavy (non-hydrogen) atoms. The van der Waals surface area contributed by atoms with Crippen molar-refractivity contribution >= 4 is 5.97 Å². The lowest BCUT2D eigenvalue weighted by molar-refractivity contribution is 0.0517. The number of aromatic nitrogens is 1. The highest BCUT2D eigenvalue weighted by Gasteiger charge is 2.26. The fraction of sp³-hybridized carbons (Fsp3) is 0.263. The third kappa shape index (κ3) is 3.38. The van der Waals surface area contributed by atoms with Crippen molar-refractivity contribution in [2.75, 3.05) is 6.61 Å². The maximum Gasteiger partial charge on any atom is 0.357 e. The molecule has 0 saturated carbocycles. The van der Waals surface area contributed by atoms with Gasteiger partial charge in [0.2, 0.25) is 5.88 Å². The highest BCUT2D eigenvalue weighted by Crippen LogP contribution is 2.36. The number of esters is 1. The first-order chi connectivity index (χ1) is 12.0. The third-order valence-corrected chi connectivity index (χ3v) is 4.00. The van der Waals surface area contributed by atoms with Crippen LogP contribution in [0.4, 0.5) is 8.78 Å². The second kappa shape index (κ2) is 7.01. The van der Waals surface area contributed by atoms with E-state index < -0.39 is 17.6 Å². The van der Waals surface area contributed by atoms with E-state index in [4.69, 9.17) is 9.47 Å². The average molecular weight is 345 g/mol. The van der Waals surface area contributed by atoms with Gasteiger partial charge in [0.25, 0.3) is 0 Å². The van der Waals surface area contributed by atoms with Crippen molar-refractivity contribution in [3.05, 3.63) is 59.8 Å². The number of rotatable bonds is 4. The van der Waals surface area contributed by atoms with Crippen molar-refractivity contribution in [3.8, 4) is 17.0 Å². The second-order valence-electron chi connectivity index (χ2n) is 5.61. The van der Waals surface area contributed by atoms with Crippen LogP contribution in [-0.2, 0) is 11.2 Å². The summed E-state index contributed by atoms with van der Waals surface area (Å²) in [7, 11) is 0. The zero-order valence-corrected chi connectivity index (χ0v) is 13.7. The number of nitrogens with zero attached hydrogens (tertiary/aromatic N) is 1. The number of halogens is 2. The van der Waals surface area contributed by atoms with Gasteiger partial charge >= 0.3 is 5.97 Å². The SMILES string of the molecule is C=CC1CCc2c(-c3ccc(F)cc3F)cc(C(=O)OCC)nc2O1. The quantitative estimate of drug-likeness (QED) is 0.619. The number of hydrogen-bond acceptors (Lipinski definition) is 4. The number of carbonyl (C=O) groups excluding carboxylic acids is 1. The molecule has 0 amide bonds. The minimum atomic E-state index is -0.714. The van der Waals surface area contributed by atoms with E-state index in [0.717, 1.165) is 6.07 Å². The smallest absolute Gasteiger partial charge is 0.357 e. The van der Waals surface area contributed by atoms with Gasteiger partial charge in [0.05, 0.1) is 6.61 Å². The van der Waals surface area contributed by atoms with Crippen LogP contribution in [0.2, 0.25) is 0 Å². The fourth-order valence-electron chi connectivity index (χ4n) is 2.80. The van der Waals surface area contributed by atoms with E-state index in [1.54, 1.807) is 13.0 Å². The molecule has 2 heterocycles. The number of hydrogen-bond donors (Lipinski definition) is 0. The van der Waals surface area contributed by atoms with Crippen molar-refractivity contribution in [2.45, 2.75) is 25.9 Å². The highest BCUT2D eigenvalue weighted by atomic mass is 19.1. The summed E-state index contributed by atoms with van der Waals surface area (Å²) in [6, 6.07) is 4.79. The Kier molecular flexibility index (Phi) is 4.79. The summed E-state index contributed by atoms with van der Waals surface area (Å²) < 4.78 is 38.3. The molecule has 1 aromatic carbocycles. The van der Waals surface area contributed by atoms with E-state index in [1.807, 2.05) is 0 Å². The number of fused-ring (bicyclic) bond motifs is 1. The van der Waals surface area contributed by atoms with Gasteiger partial charge in [0, 0.05) is 17.2 Å². The van der Waals surface area contributed by atoms with Crippen LogP contribution >= 0.6 is 0 Å². The fourth-order valence-corrected chi connectivity index (χ4v) is 2.80. The van der Waals surface area contributed by atoms with E-state index in [1.165, 1.54) is 18.2 Å². The van der Waals surface area contributed by atoms with E-state index in [2.05, 4.69) is 11.6 Å². The largest absolute Gasteiger partial charge is 0.470 e. The zero-order valence-electron chi connectivity index (χ0n) is 13.7. The van der Waals surface area contributed by atoms with Crippen molar-refractivity contribution in [1.29, 1.82) is 0 Å². The highest BCUT2D eigenvalue weighted by molar-refractivity contribution is 5.90. The van der Waals surface area contributed by atoms with Crippen LogP contribution in [0.3, 0.4) is 0 Å². The number of carbonyl (C=O) groups is 1. The number of pyridine rings is 1. The van der Waals surface area contributed by atoms with Gasteiger partial charge < -0.3 is 9.47 Å². The first kappa shape index (κ1) is 17.1. The summed E-state index contributed by atoms with van der Waals surface area (Å²) in [4.78, 5) is 16.3. The van der Waals surface area contributed by atoms with Gasteiger partial charge in [-0.25, -0.2) is 18.6 Å². The molecule has 130 valence electrons. The number of benzene rings is 1. The minimum absolute atomic E-state index is 0.0176. The molecular weight excluding hydrogens is 328 g/mol. The minimum Gasteiger partial charge on any atom is -0.470 e. The molecule has 1 aliphatic rings. The Morgan fingerprint density at radius 2 is 2.20 bits per heavy atom. The van der Waals surface area contributed by atoms with Gasteiger partial charge in [0.15, 0.2) is 5.69 Å². The standard InChI is InChI=1S/C19H17F2NO3/c1-3-12-6-8-14-15(13-7-5-11(20)9-16(13)21)10-17(19(23)24-4-2)22-18(14)25-12/h3,5,7,9-10,12H,1,4,6,8H2,2H3. The van der Waals surface area contributed by atoms with Gasteiger partial charge in [-0.2, -0.15) is 0 Å². The summed E-state index contributed by atoms with van der Waals surface area (Å²) in [5.41, 5.74) is 1.33. The monoisotopic (exact) mass is 345 g/mol. The lowest BCUT2D eigenvalue weighted by Crippen LogP contribution is -2.23. The molecule has 0 fully saturated rings. The van der Waals surface area contributed by atoms with E-state index in [-0.39, 0.29) is 29.8 Å². The Bertz CT molecular complexity index is 836. The molecule has 0 N–H and O–H groups in total. The predicted molar refractivity (Wildman–Crippen MR) is 88.5 cm³/mol. The molecule has 0 saturated heterocycles. The first-order valence-corrected chi connectivity index (χ1v) is 7.99. The van der Waals surface area contributed by atoms with Gasteiger partial charge in [-0.3, -0.25) is 0 Å². The first-order valence-electron chi connectivity index (χ1n) is 7.99. The van der Waals surface area contributed by atoms with E-state index in [0.29, 0.717) is 24.0 Å². The second-order valence-corrected chi connectivity index (χ2v) is 5.61. The molecule has 0 bridgehead atoms. The van der Waals surface area contributed by atoms with Gasteiger partial charge in [-0.05, 0) is 43.5 Å². The van der Waals surface area contributed by atoms with Crippen LogP contribution in [0.5, 0.6) is 5.88 Å². The van der Waals surface area contributed by atoms with Crippen LogP contribution < -0.4 is 4.74 Å². The summed E-state index contributed by atoms with van der Waals surface area (Å²) in [6.45, 7) is 5.57. The van der Waals surface area contributed by atoms with Crippen molar-refractivity contribution < 1.29 is 23.0 Å². The molecule has 1 aromatic heterocycles. The third-order valence-electron chi connectivity index (χ3n) is 4.00. The van der Waals surface area contributed by atoms with Gasteiger partial charge in [0.1, 0.15) is 17.7 Å². The van der Waals surface area contributed by atoms with Crippen LogP contribution in [-0.4, -0.2) is 23.7 Å². The topological polar surface area (TPSA) is 48.4 Å². The summed E-state index contributed by atoms with van der Waals surface area (Å²) in [6.07, 6.45) is 2.66. The molecule has 1 unspecified atom stereocenters. The Hall–Kier alpha value is -2.76. The Morgan fingerprint density at radius 1 is 1.40 bits per heavy atom. The zero-order chi connectivity index (χ0) is 18.0. The normalized spacial score (nSPS) is 15.9. The average Bonchev–Trinajstić information content (AvgIpc) is 2.60. The molecule has 3 rings (SSSR count). The lowest BCUT2D eigenvalue weighted by atomic mass is 9.94. The molecule has 0 spiro atoms. The van der Waals surface area contributed by atoms with Crippen molar-refractivity contribution in [2.24, 2.45) is 0 Å². The Labute approximate surface area is 144 Å². The molecule has 4 nitrogen and oxygen atoms in total. The summed E-state index contributed by atoms with van der Waals surface area (Å²) in [5, 5.41) is 0. The lowest BCUT2D eigenvalue weighted by Gasteiger charge is -2.25. The van der Waals surface area contributed by atoms with Gasteiger partial charge in [-0.1, -0.05) is 12.7 Å². The molecule has 0 aliphatic carbocycles. The van der Waals surface area contributed by atoms with Crippen molar-refractivity contribution in [1.82, 2.24) is 4.98 Å². The van der Waals surface area contributed by atoms with Crippen molar-refractivity contribution in [3.63, 3.8) is 0 Å². The molecule has 1 aliphatic heterocycles. The number of ether oxygens (including phenoxy) is 2. The maximum absolute atomic E-state index is 14.3. The molecule has 2 aromatic rings. The Morgan fingerprint density at radius 3 is 2.88 bits per heavy atom. The van der Waals surface area contributed by atoms with E-state index in [9.17, 15) is 13.6 Å². The summed E-state index contributed by atoms with van der Waals surface area (Å²) in [5.74, 6) is -1.76. The molecule has 0 radical (unpaired) electrons. The molecule has 6 heteroatoms. The Balaban J connectivity index is 2.17. The predicted octanol–water partition coefficient (Wildman–Crippen LogP) is 4.08. The summed E-state index contributed by atoms with van der Waals surface area (Å²) >= 11 is 0. The van der Waals surface area contributed by atoms with Crippen LogP contribution in [0.25, 0.3) is 11.1 Å². The van der Waals surface area contributed by atoms with Crippen LogP contribution in [0.1, 0.15) is 29.4 Å². The maximum atomic E-state index is 14.3. The van der Waals surface area contributed by atoms with Crippen LogP contribution in [0.15, 0.2) is 36.9 Å². The van der Waals surface area contributed by atoms with Crippen LogP contribution in [0, 0.1) is 11.6 Å². The molecular formula is C19H17F2NO3. The van der Waals surface area contributed by atoms with E-state index >= 15 is 0 Å².